The summed E-state index contributed by atoms with van der Waals surface area (Å²) < 4.78 is 0. The van der Waals surface area contributed by atoms with E-state index in [-0.39, 0.29) is 24.0 Å². The maximum atomic E-state index is 10.3. The molecule has 1 unspecified atom stereocenters. The Bertz CT molecular complexity index is 551. The Kier molecular flexibility index (Phi) is 8.35. The average molecular weight is 475 g/mol. The van der Waals surface area contributed by atoms with E-state index in [2.05, 4.69) is 47.5 Å². The molecule has 1 aliphatic heterocycles. The maximum absolute atomic E-state index is 10.3. The second-order valence-electron chi connectivity index (χ2n) is 6.97. The number of aliphatic imine (C=N–C) groups is 1. The lowest BCUT2D eigenvalue weighted by Crippen LogP contribution is -2.44. The molecule has 0 radical (unpaired) electrons. The number of hydrogen-bond donors (Lipinski definition) is 2. The summed E-state index contributed by atoms with van der Waals surface area (Å²) in [5.74, 6) is 2.83. The monoisotopic (exact) mass is 475 g/mol. The fourth-order valence-corrected chi connectivity index (χ4v) is 4.33. The van der Waals surface area contributed by atoms with E-state index in [1.54, 1.807) is 0 Å². The molecule has 1 heterocycles. The summed E-state index contributed by atoms with van der Waals surface area (Å²) in [4.78, 5) is 8.43. The smallest absolute Gasteiger partial charge is 0.194 e. The minimum atomic E-state index is -0.539. The number of rotatable bonds is 6. The van der Waals surface area contributed by atoms with Gasteiger partial charge in [0.2, 0.25) is 0 Å². The lowest BCUT2D eigenvalue weighted by Gasteiger charge is -2.35. The normalized spacial score (nSPS) is 22.2. The number of nitrogens with one attached hydrogen (secondary N) is 1. The highest BCUT2D eigenvalue weighted by molar-refractivity contribution is 14.0. The summed E-state index contributed by atoms with van der Waals surface area (Å²) in [7, 11) is 0. The van der Waals surface area contributed by atoms with Gasteiger partial charge in [-0.1, -0.05) is 18.2 Å². The fourth-order valence-electron chi connectivity index (χ4n) is 3.28. The molecule has 6 heteroatoms. The molecule has 0 spiro atoms. The molecule has 3 rings (SSSR count). The van der Waals surface area contributed by atoms with Crippen LogP contribution in [0.1, 0.15) is 32.6 Å². The third-order valence-electron chi connectivity index (χ3n) is 4.96. The standard InChI is InChI=1S/C19H29N3OS.HI/c1-2-20-18(21-15-19(23)10-6-11-19)22-12-9-16(13-22)14-24-17-7-4-3-5-8-17;/h3-5,7-8,16,23H,2,6,9-15H2,1H3,(H,20,21);1H. The van der Waals surface area contributed by atoms with Crippen molar-refractivity contribution in [3.05, 3.63) is 30.3 Å². The summed E-state index contributed by atoms with van der Waals surface area (Å²) in [6.45, 7) is 5.63. The van der Waals surface area contributed by atoms with Gasteiger partial charge in [-0.3, -0.25) is 4.99 Å². The van der Waals surface area contributed by atoms with Gasteiger partial charge in [-0.2, -0.15) is 0 Å². The predicted octanol–water partition coefficient (Wildman–Crippen LogP) is 3.60. The Morgan fingerprint density at radius 2 is 2.12 bits per heavy atom. The van der Waals surface area contributed by atoms with E-state index in [0.29, 0.717) is 12.5 Å². The Morgan fingerprint density at radius 3 is 2.76 bits per heavy atom. The Balaban J connectivity index is 0.00000225. The first-order chi connectivity index (χ1) is 11.7. The van der Waals surface area contributed by atoms with Crippen LogP contribution in [0, 0.1) is 5.92 Å². The number of guanidine groups is 1. The van der Waals surface area contributed by atoms with Crippen molar-refractivity contribution in [1.82, 2.24) is 10.2 Å². The van der Waals surface area contributed by atoms with Crippen molar-refractivity contribution in [2.75, 3.05) is 31.9 Å². The van der Waals surface area contributed by atoms with Crippen LogP contribution in [0.4, 0.5) is 0 Å². The largest absolute Gasteiger partial charge is 0.388 e. The van der Waals surface area contributed by atoms with Crippen molar-refractivity contribution >= 4 is 41.7 Å². The van der Waals surface area contributed by atoms with Crippen LogP contribution < -0.4 is 5.32 Å². The van der Waals surface area contributed by atoms with E-state index in [4.69, 9.17) is 4.99 Å². The van der Waals surface area contributed by atoms with Crippen LogP contribution in [0.25, 0.3) is 0 Å². The van der Waals surface area contributed by atoms with Crippen molar-refractivity contribution in [3.8, 4) is 0 Å². The molecular formula is C19H30IN3OS. The summed E-state index contributed by atoms with van der Waals surface area (Å²) in [5, 5.41) is 13.7. The Hall–Kier alpha value is -0.470. The van der Waals surface area contributed by atoms with E-state index in [1.807, 2.05) is 11.8 Å². The number of thioether (sulfide) groups is 1. The van der Waals surface area contributed by atoms with Crippen LogP contribution in [0.3, 0.4) is 0 Å². The van der Waals surface area contributed by atoms with Gasteiger partial charge >= 0.3 is 0 Å². The summed E-state index contributed by atoms with van der Waals surface area (Å²) in [6.07, 6.45) is 4.14. The molecule has 1 aromatic carbocycles. The van der Waals surface area contributed by atoms with Gasteiger partial charge < -0.3 is 15.3 Å². The van der Waals surface area contributed by atoms with Crippen molar-refractivity contribution < 1.29 is 5.11 Å². The van der Waals surface area contributed by atoms with Gasteiger partial charge in [-0.25, -0.2) is 0 Å². The minimum Gasteiger partial charge on any atom is -0.388 e. The summed E-state index contributed by atoms with van der Waals surface area (Å²) in [6, 6.07) is 10.6. The molecule has 1 aromatic rings. The van der Waals surface area contributed by atoms with Crippen LogP contribution in [0.15, 0.2) is 40.2 Å². The zero-order valence-corrected chi connectivity index (χ0v) is 18.1. The molecule has 0 bridgehead atoms. The van der Waals surface area contributed by atoms with Crippen molar-refractivity contribution in [1.29, 1.82) is 0 Å². The Labute approximate surface area is 172 Å². The second-order valence-corrected chi connectivity index (χ2v) is 8.07. The quantitative estimate of drug-likeness (QED) is 0.286. The minimum absolute atomic E-state index is 0. The molecule has 2 aliphatic rings. The molecule has 1 saturated carbocycles. The third kappa shape index (κ3) is 6.03. The van der Waals surface area contributed by atoms with Crippen LogP contribution in [0.5, 0.6) is 0 Å². The Morgan fingerprint density at radius 1 is 1.36 bits per heavy atom. The van der Waals surface area contributed by atoms with E-state index in [0.717, 1.165) is 50.6 Å². The van der Waals surface area contributed by atoms with Crippen LogP contribution in [0.2, 0.25) is 0 Å². The van der Waals surface area contributed by atoms with Gasteiger partial charge in [0.25, 0.3) is 0 Å². The van der Waals surface area contributed by atoms with E-state index < -0.39 is 5.60 Å². The SMILES string of the molecule is CCNC(=NCC1(O)CCC1)N1CCC(CSc2ccccc2)C1.I. The van der Waals surface area contributed by atoms with Gasteiger partial charge in [0.1, 0.15) is 0 Å². The molecule has 1 saturated heterocycles. The number of likely N-dealkylation sites (tertiary alicyclic amines) is 1. The van der Waals surface area contributed by atoms with Gasteiger partial charge in [0.15, 0.2) is 5.96 Å². The molecule has 4 nitrogen and oxygen atoms in total. The second kappa shape index (κ2) is 10.0. The van der Waals surface area contributed by atoms with E-state index in [9.17, 15) is 5.11 Å². The number of benzene rings is 1. The maximum Gasteiger partial charge on any atom is 0.194 e. The highest BCUT2D eigenvalue weighted by Crippen LogP contribution is 2.32. The molecule has 2 fully saturated rings. The number of halogens is 1. The van der Waals surface area contributed by atoms with Crippen LogP contribution in [-0.2, 0) is 0 Å². The zero-order valence-electron chi connectivity index (χ0n) is 15.0. The van der Waals surface area contributed by atoms with Gasteiger partial charge in [-0.05, 0) is 50.7 Å². The molecule has 2 N–H and O–H groups in total. The highest BCUT2D eigenvalue weighted by atomic mass is 127. The molecule has 0 aromatic heterocycles. The van der Waals surface area contributed by atoms with Crippen molar-refractivity contribution in [3.63, 3.8) is 0 Å². The third-order valence-corrected chi connectivity index (χ3v) is 6.20. The fraction of sp³-hybridized carbons (Fsp3) is 0.632. The zero-order chi connectivity index (χ0) is 16.8. The first-order valence-corrected chi connectivity index (χ1v) is 10.1. The highest BCUT2D eigenvalue weighted by Gasteiger charge is 2.34. The molecule has 140 valence electrons. The van der Waals surface area contributed by atoms with E-state index >= 15 is 0 Å². The van der Waals surface area contributed by atoms with Crippen LogP contribution in [-0.4, -0.2) is 53.5 Å². The van der Waals surface area contributed by atoms with Crippen molar-refractivity contribution in [2.45, 2.75) is 43.1 Å². The summed E-state index contributed by atoms with van der Waals surface area (Å²) in [5.41, 5.74) is -0.539. The molecule has 1 atom stereocenters. The van der Waals surface area contributed by atoms with Crippen LogP contribution >= 0.6 is 35.7 Å². The lowest BCUT2D eigenvalue weighted by molar-refractivity contribution is -0.0237. The van der Waals surface area contributed by atoms with Gasteiger partial charge in [0.05, 0.1) is 12.1 Å². The molecule has 0 amide bonds. The molecule has 25 heavy (non-hydrogen) atoms. The first kappa shape index (κ1) is 20.8. The number of aliphatic hydroxyl groups is 1. The first-order valence-electron chi connectivity index (χ1n) is 9.12. The number of nitrogens with zero attached hydrogens (tertiary/aromatic N) is 2. The summed E-state index contributed by atoms with van der Waals surface area (Å²) >= 11 is 1.95. The lowest BCUT2D eigenvalue weighted by atomic mass is 9.80. The number of hydrogen-bond acceptors (Lipinski definition) is 3. The van der Waals surface area contributed by atoms with Gasteiger partial charge in [0, 0.05) is 30.3 Å². The topological polar surface area (TPSA) is 47.9 Å². The van der Waals surface area contributed by atoms with E-state index in [1.165, 1.54) is 11.3 Å². The van der Waals surface area contributed by atoms with Crippen molar-refractivity contribution in [2.24, 2.45) is 10.9 Å². The average Bonchev–Trinajstić information content (AvgIpc) is 3.05. The molecular weight excluding hydrogens is 445 g/mol. The van der Waals surface area contributed by atoms with Gasteiger partial charge in [-0.15, -0.1) is 35.7 Å². The predicted molar refractivity (Wildman–Crippen MR) is 117 cm³/mol. The molecule has 1 aliphatic carbocycles.